The third-order valence-corrected chi connectivity index (χ3v) is 3.99. The predicted octanol–water partition coefficient (Wildman–Crippen LogP) is 3.21. The summed E-state index contributed by atoms with van der Waals surface area (Å²) < 4.78 is 13.3. The molecule has 1 atom stereocenters. The quantitative estimate of drug-likeness (QED) is 0.775. The van der Waals surface area contributed by atoms with Crippen LogP contribution in [0.25, 0.3) is 0 Å². The van der Waals surface area contributed by atoms with Crippen molar-refractivity contribution >= 4 is 0 Å². The molecule has 1 aromatic rings. The lowest BCUT2D eigenvalue weighted by atomic mass is 10.0. The van der Waals surface area contributed by atoms with Gasteiger partial charge in [0.15, 0.2) is 0 Å². The van der Waals surface area contributed by atoms with Gasteiger partial charge in [-0.25, -0.2) is 4.39 Å². The lowest BCUT2D eigenvalue weighted by Crippen LogP contribution is -2.30. The molecule has 0 spiro atoms. The van der Waals surface area contributed by atoms with Gasteiger partial charge in [-0.3, -0.25) is 0 Å². The fourth-order valence-corrected chi connectivity index (χ4v) is 2.56. The monoisotopic (exact) mass is 264 g/mol. The van der Waals surface area contributed by atoms with Crippen molar-refractivity contribution in [2.75, 3.05) is 26.7 Å². The van der Waals surface area contributed by atoms with Crippen molar-refractivity contribution in [3.8, 4) is 0 Å². The molecule has 0 aromatic heterocycles. The molecular formula is C16H25FN2. The van der Waals surface area contributed by atoms with Gasteiger partial charge in [0.2, 0.25) is 0 Å². The van der Waals surface area contributed by atoms with Gasteiger partial charge in [-0.05, 0) is 63.0 Å². The van der Waals surface area contributed by atoms with Gasteiger partial charge in [0, 0.05) is 12.6 Å². The maximum absolute atomic E-state index is 13.3. The van der Waals surface area contributed by atoms with Gasteiger partial charge in [0.25, 0.3) is 0 Å². The van der Waals surface area contributed by atoms with Crippen LogP contribution in [0.5, 0.6) is 0 Å². The van der Waals surface area contributed by atoms with Gasteiger partial charge in [0.1, 0.15) is 5.82 Å². The molecule has 1 fully saturated rings. The Hall–Kier alpha value is -0.930. The number of nitrogens with zero attached hydrogens (tertiary/aromatic N) is 1. The highest BCUT2D eigenvalue weighted by Gasteiger charge is 2.23. The minimum absolute atomic E-state index is 0.150. The molecule has 106 valence electrons. The van der Waals surface area contributed by atoms with E-state index in [4.69, 9.17) is 0 Å². The lowest BCUT2D eigenvalue weighted by Gasteiger charge is -2.24. The molecule has 1 unspecified atom stereocenters. The standard InChI is InChI=1S/C16H25FN2/c1-3-19(12-13-7-8-13)10-9-16(18-2)14-5-4-6-15(17)11-14/h4-6,11,13,16,18H,3,7-10,12H2,1-2H3. The first-order chi connectivity index (χ1) is 9.22. The molecule has 0 bridgehead atoms. The van der Waals surface area contributed by atoms with Crippen molar-refractivity contribution in [1.82, 2.24) is 10.2 Å². The first-order valence-electron chi connectivity index (χ1n) is 7.38. The Morgan fingerprint density at radius 1 is 1.42 bits per heavy atom. The van der Waals surface area contributed by atoms with E-state index < -0.39 is 0 Å². The molecular weight excluding hydrogens is 239 g/mol. The van der Waals surface area contributed by atoms with Crippen LogP contribution < -0.4 is 5.32 Å². The average molecular weight is 264 g/mol. The Bertz CT molecular complexity index is 390. The highest BCUT2D eigenvalue weighted by atomic mass is 19.1. The van der Waals surface area contributed by atoms with Crippen molar-refractivity contribution in [1.29, 1.82) is 0 Å². The normalized spacial score (nSPS) is 16.8. The average Bonchev–Trinajstić information content (AvgIpc) is 3.22. The number of halogens is 1. The first-order valence-corrected chi connectivity index (χ1v) is 7.38. The molecule has 1 aromatic carbocycles. The zero-order valence-electron chi connectivity index (χ0n) is 12.0. The van der Waals surface area contributed by atoms with Crippen molar-refractivity contribution < 1.29 is 4.39 Å². The molecule has 1 aliphatic rings. The van der Waals surface area contributed by atoms with Crippen LogP contribution in [0.2, 0.25) is 0 Å². The number of rotatable bonds is 8. The highest BCUT2D eigenvalue weighted by Crippen LogP contribution is 2.30. The summed E-state index contributed by atoms with van der Waals surface area (Å²) in [6, 6.07) is 7.17. The number of benzene rings is 1. The van der Waals surface area contributed by atoms with Gasteiger partial charge in [-0.2, -0.15) is 0 Å². The van der Waals surface area contributed by atoms with Crippen molar-refractivity contribution in [3.05, 3.63) is 35.6 Å². The highest BCUT2D eigenvalue weighted by molar-refractivity contribution is 5.20. The predicted molar refractivity (Wildman–Crippen MR) is 77.7 cm³/mol. The van der Waals surface area contributed by atoms with E-state index in [2.05, 4.69) is 17.1 Å². The van der Waals surface area contributed by atoms with E-state index in [1.807, 2.05) is 13.1 Å². The molecule has 1 N–H and O–H groups in total. The van der Waals surface area contributed by atoms with Crippen LogP contribution >= 0.6 is 0 Å². The Kier molecular flexibility index (Phi) is 5.34. The summed E-state index contributed by atoms with van der Waals surface area (Å²) in [5, 5.41) is 3.30. The second-order valence-electron chi connectivity index (χ2n) is 5.52. The zero-order chi connectivity index (χ0) is 13.7. The van der Waals surface area contributed by atoms with E-state index in [1.165, 1.54) is 25.5 Å². The van der Waals surface area contributed by atoms with Gasteiger partial charge >= 0.3 is 0 Å². The van der Waals surface area contributed by atoms with Crippen molar-refractivity contribution in [2.45, 2.75) is 32.2 Å². The minimum atomic E-state index is -0.150. The number of nitrogens with one attached hydrogen (secondary N) is 1. The van der Waals surface area contributed by atoms with E-state index >= 15 is 0 Å². The number of hydrogen-bond donors (Lipinski definition) is 1. The molecule has 0 saturated heterocycles. The Labute approximate surface area is 116 Å². The second-order valence-corrected chi connectivity index (χ2v) is 5.52. The topological polar surface area (TPSA) is 15.3 Å². The summed E-state index contributed by atoms with van der Waals surface area (Å²) in [6.07, 6.45) is 3.83. The SMILES string of the molecule is CCN(CCC(NC)c1cccc(F)c1)CC1CC1. The van der Waals surface area contributed by atoms with Gasteiger partial charge in [-0.1, -0.05) is 19.1 Å². The second kappa shape index (κ2) is 7.01. The van der Waals surface area contributed by atoms with E-state index in [0.717, 1.165) is 31.0 Å². The van der Waals surface area contributed by atoms with E-state index in [0.29, 0.717) is 0 Å². The summed E-state index contributed by atoms with van der Waals surface area (Å²) in [5.74, 6) is 0.783. The molecule has 2 rings (SSSR count). The zero-order valence-corrected chi connectivity index (χ0v) is 12.0. The van der Waals surface area contributed by atoms with Gasteiger partial charge < -0.3 is 10.2 Å². The summed E-state index contributed by atoms with van der Waals surface area (Å²) in [5.41, 5.74) is 1.05. The molecule has 3 heteroatoms. The third-order valence-electron chi connectivity index (χ3n) is 3.99. The molecule has 2 nitrogen and oxygen atoms in total. The van der Waals surface area contributed by atoms with Crippen LogP contribution in [0.15, 0.2) is 24.3 Å². The largest absolute Gasteiger partial charge is 0.313 e. The maximum Gasteiger partial charge on any atom is 0.123 e. The maximum atomic E-state index is 13.3. The van der Waals surface area contributed by atoms with Crippen LogP contribution in [0.3, 0.4) is 0 Å². The minimum Gasteiger partial charge on any atom is -0.313 e. The van der Waals surface area contributed by atoms with Crippen LogP contribution in [0, 0.1) is 11.7 Å². The first kappa shape index (κ1) is 14.5. The summed E-state index contributed by atoms with van der Waals surface area (Å²) in [7, 11) is 1.95. The Morgan fingerprint density at radius 3 is 2.79 bits per heavy atom. The number of hydrogen-bond acceptors (Lipinski definition) is 2. The van der Waals surface area contributed by atoms with Crippen LogP contribution in [0.4, 0.5) is 4.39 Å². The summed E-state index contributed by atoms with van der Waals surface area (Å²) in [6.45, 7) is 5.64. The summed E-state index contributed by atoms with van der Waals surface area (Å²) >= 11 is 0. The fraction of sp³-hybridized carbons (Fsp3) is 0.625. The van der Waals surface area contributed by atoms with E-state index in [-0.39, 0.29) is 11.9 Å². The van der Waals surface area contributed by atoms with Crippen molar-refractivity contribution in [3.63, 3.8) is 0 Å². The smallest absolute Gasteiger partial charge is 0.123 e. The van der Waals surface area contributed by atoms with Crippen LogP contribution in [-0.4, -0.2) is 31.6 Å². The van der Waals surface area contributed by atoms with E-state index in [1.54, 1.807) is 12.1 Å². The molecule has 0 amide bonds. The van der Waals surface area contributed by atoms with Crippen LogP contribution in [0.1, 0.15) is 37.8 Å². The van der Waals surface area contributed by atoms with Gasteiger partial charge in [-0.15, -0.1) is 0 Å². The summed E-state index contributed by atoms with van der Waals surface area (Å²) in [4.78, 5) is 2.52. The molecule has 1 aliphatic carbocycles. The molecule has 0 heterocycles. The Morgan fingerprint density at radius 2 is 2.21 bits per heavy atom. The lowest BCUT2D eigenvalue weighted by molar-refractivity contribution is 0.261. The molecule has 0 radical (unpaired) electrons. The molecule has 1 saturated carbocycles. The van der Waals surface area contributed by atoms with Gasteiger partial charge in [0.05, 0.1) is 0 Å². The Balaban J connectivity index is 1.87. The third kappa shape index (κ3) is 4.59. The fourth-order valence-electron chi connectivity index (χ4n) is 2.56. The van der Waals surface area contributed by atoms with Crippen molar-refractivity contribution in [2.24, 2.45) is 5.92 Å². The van der Waals surface area contributed by atoms with E-state index in [9.17, 15) is 4.39 Å². The molecule has 19 heavy (non-hydrogen) atoms. The van der Waals surface area contributed by atoms with Crippen LogP contribution in [-0.2, 0) is 0 Å². The molecule has 0 aliphatic heterocycles.